The molecule has 1 heterocycles. The number of methoxy groups -OCH3 is 1. The van der Waals surface area contributed by atoms with Crippen molar-refractivity contribution in [1.82, 2.24) is 9.88 Å². The third kappa shape index (κ3) is 5.57. The second-order valence-electron chi connectivity index (χ2n) is 7.18. The summed E-state index contributed by atoms with van der Waals surface area (Å²) in [7, 11) is 1.65. The lowest BCUT2D eigenvalue weighted by Gasteiger charge is -2.27. The number of anilines is 1. The fourth-order valence-corrected chi connectivity index (χ4v) is 3.04. The van der Waals surface area contributed by atoms with Crippen LogP contribution in [-0.2, 0) is 13.1 Å². The minimum Gasteiger partial charge on any atom is -0.497 e. The molecule has 0 aliphatic heterocycles. The van der Waals surface area contributed by atoms with Crippen LogP contribution < -0.4 is 10.1 Å². The van der Waals surface area contributed by atoms with Gasteiger partial charge in [0.1, 0.15) is 5.75 Å². The van der Waals surface area contributed by atoms with Gasteiger partial charge in [-0.15, -0.1) is 0 Å². The molecule has 0 aliphatic rings. The number of carbonyl (C=O) groups excluding carboxylic acids is 1. The fourth-order valence-electron chi connectivity index (χ4n) is 3.04. The highest BCUT2D eigenvalue weighted by Gasteiger charge is 2.19. The van der Waals surface area contributed by atoms with Crippen molar-refractivity contribution in [3.05, 3.63) is 89.7 Å². The number of carbonyl (C=O) groups is 1. The van der Waals surface area contributed by atoms with Crippen LogP contribution in [-0.4, -0.2) is 28.9 Å². The normalized spacial score (nSPS) is 10.6. The summed E-state index contributed by atoms with van der Waals surface area (Å²) in [5.74, 6) is 0.805. The lowest BCUT2D eigenvalue weighted by Crippen LogP contribution is -2.36. The number of hydrogen-bond acceptors (Lipinski definition) is 4. The van der Waals surface area contributed by atoms with Gasteiger partial charge in [-0.05, 0) is 43.2 Å². The Kier molecular flexibility index (Phi) is 6.85. The Morgan fingerprint density at radius 1 is 1.03 bits per heavy atom. The highest BCUT2D eigenvalue weighted by Crippen LogP contribution is 2.17. The molecule has 3 rings (SSSR count). The van der Waals surface area contributed by atoms with E-state index >= 15 is 0 Å². The number of amides is 1. The van der Waals surface area contributed by atoms with Crippen LogP contribution in [0, 0.1) is 0 Å². The lowest BCUT2D eigenvalue weighted by atomic mass is 10.1. The Labute approximate surface area is 172 Å². The van der Waals surface area contributed by atoms with E-state index in [0.717, 1.165) is 22.6 Å². The maximum Gasteiger partial charge on any atom is 0.256 e. The number of nitrogens with one attached hydrogen (secondary N) is 1. The van der Waals surface area contributed by atoms with Crippen molar-refractivity contribution in [1.29, 1.82) is 0 Å². The SMILES string of the molecule is COc1ccc(CNc2cncc(C(=O)N(Cc3ccccc3)C(C)C)c2)cc1. The van der Waals surface area contributed by atoms with E-state index in [1.54, 1.807) is 19.5 Å². The number of aromatic nitrogens is 1. The van der Waals surface area contributed by atoms with E-state index in [9.17, 15) is 4.79 Å². The minimum absolute atomic E-state index is 0.0237. The number of pyridine rings is 1. The van der Waals surface area contributed by atoms with Crippen LogP contribution in [0.1, 0.15) is 35.3 Å². The first kappa shape index (κ1) is 20.4. The Morgan fingerprint density at radius 3 is 2.41 bits per heavy atom. The van der Waals surface area contributed by atoms with Crippen LogP contribution in [0.4, 0.5) is 5.69 Å². The van der Waals surface area contributed by atoms with E-state index in [-0.39, 0.29) is 11.9 Å². The highest BCUT2D eigenvalue weighted by atomic mass is 16.5. The molecule has 0 atom stereocenters. The van der Waals surface area contributed by atoms with Gasteiger partial charge in [0.25, 0.3) is 5.91 Å². The predicted octanol–water partition coefficient (Wildman–Crippen LogP) is 4.75. The number of rotatable bonds is 8. The van der Waals surface area contributed by atoms with E-state index in [1.165, 1.54) is 0 Å². The quantitative estimate of drug-likeness (QED) is 0.604. The molecule has 0 fully saturated rings. The number of hydrogen-bond donors (Lipinski definition) is 1. The Balaban J connectivity index is 1.69. The van der Waals surface area contributed by atoms with Gasteiger partial charge in [-0.25, -0.2) is 0 Å². The molecule has 0 saturated carbocycles. The van der Waals surface area contributed by atoms with Gasteiger partial charge in [0.2, 0.25) is 0 Å². The molecule has 5 nitrogen and oxygen atoms in total. The summed E-state index contributed by atoms with van der Waals surface area (Å²) in [5, 5.41) is 3.34. The molecular formula is C24H27N3O2. The van der Waals surface area contributed by atoms with Crippen molar-refractivity contribution < 1.29 is 9.53 Å². The van der Waals surface area contributed by atoms with Gasteiger partial charge in [-0.2, -0.15) is 0 Å². The van der Waals surface area contributed by atoms with E-state index < -0.39 is 0 Å². The second kappa shape index (κ2) is 9.73. The summed E-state index contributed by atoms with van der Waals surface area (Å²) in [6, 6.07) is 19.8. The first-order valence-corrected chi connectivity index (χ1v) is 9.73. The fraction of sp³-hybridized carbons (Fsp3) is 0.250. The third-order valence-corrected chi connectivity index (χ3v) is 4.72. The summed E-state index contributed by atoms with van der Waals surface area (Å²) in [6.45, 7) is 5.27. The summed E-state index contributed by atoms with van der Waals surface area (Å²) in [5.41, 5.74) is 3.62. The van der Waals surface area contributed by atoms with Crippen molar-refractivity contribution in [3.63, 3.8) is 0 Å². The van der Waals surface area contributed by atoms with Crippen LogP contribution in [0.15, 0.2) is 73.1 Å². The smallest absolute Gasteiger partial charge is 0.256 e. The van der Waals surface area contributed by atoms with Crippen LogP contribution in [0.5, 0.6) is 5.75 Å². The molecule has 0 spiro atoms. The zero-order chi connectivity index (χ0) is 20.6. The molecule has 0 aliphatic carbocycles. The number of ether oxygens (including phenoxy) is 1. The Hall–Kier alpha value is -3.34. The van der Waals surface area contributed by atoms with E-state index in [4.69, 9.17) is 4.74 Å². The molecular weight excluding hydrogens is 362 g/mol. The van der Waals surface area contributed by atoms with Gasteiger partial charge >= 0.3 is 0 Å². The van der Waals surface area contributed by atoms with Gasteiger partial charge in [0.15, 0.2) is 0 Å². The molecule has 0 saturated heterocycles. The first-order chi connectivity index (χ1) is 14.1. The van der Waals surface area contributed by atoms with Crippen molar-refractivity contribution >= 4 is 11.6 Å². The summed E-state index contributed by atoms with van der Waals surface area (Å²) >= 11 is 0. The van der Waals surface area contributed by atoms with Crippen molar-refractivity contribution in [2.24, 2.45) is 0 Å². The van der Waals surface area contributed by atoms with Crippen molar-refractivity contribution in [2.75, 3.05) is 12.4 Å². The van der Waals surface area contributed by atoms with Crippen LogP contribution in [0.25, 0.3) is 0 Å². The van der Waals surface area contributed by atoms with Crippen molar-refractivity contribution in [3.8, 4) is 5.75 Å². The van der Waals surface area contributed by atoms with E-state index in [0.29, 0.717) is 18.7 Å². The molecule has 0 bridgehead atoms. The van der Waals surface area contributed by atoms with Crippen LogP contribution in [0.2, 0.25) is 0 Å². The van der Waals surface area contributed by atoms with Crippen molar-refractivity contribution in [2.45, 2.75) is 33.0 Å². The molecule has 0 unspecified atom stereocenters. The molecule has 2 aromatic carbocycles. The minimum atomic E-state index is -0.0237. The molecule has 5 heteroatoms. The highest BCUT2D eigenvalue weighted by molar-refractivity contribution is 5.94. The largest absolute Gasteiger partial charge is 0.497 e. The van der Waals surface area contributed by atoms with E-state index in [1.807, 2.05) is 79.4 Å². The number of nitrogens with zero attached hydrogens (tertiary/aromatic N) is 2. The zero-order valence-corrected chi connectivity index (χ0v) is 17.1. The molecule has 0 radical (unpaired) electrons. The average molecular weight is 389 g/mol. The van der Waals surface area contributed by atoms with Gasteiger partial charge in [-0.1, -0.05) is 42.5 Å². The first-order valence-electron chi connectivity index (χ1n) is 9.73. The summed E-state index contributed by atoms with van der Waals surface area (Å²) in [4.78, 5) is 19.3. The molecule has 1 N–H and O–H groups in total. The topological polar surface area (TPSA) is 54.5 Å². The zero-order valence-electron chi connectivity index (χ0n) is 17.1. The van der Waals surface area contributed by atoms with Gasteiger partial charge in [0.05, 0.1) is 18.4 Å². The summed E-state index contributed by atoms with van der Waals surface area (Å²) in [6.07, 6.45) is 3.36. The van der Waals surface area contributed by atoms with Crippen LogP contribution >= 0.6 is 0 Å². The standard InChI is InChI=1S/C24H27N3O2/c1-18(2)27(17-20-7-5-4-6-8-20)24(28)21-13-22(16-25-15-21)26-14-19-9-11-23(29-3)12-10-19/h4-13,15-16,18,26H,14,17H2,1-3H3. The Morgan fingerprint density at radius 2 is 1.76 bits per heavy atom. The van der Waals surface area contributed by atoms with Gasteiger partial charge < -0.3 is 15.0 Å². The second-order valence-corrected chi connectivity index (χ2v) is 7.18. The van der Waals surface area contributed by atoms with Gasteiger partial charge in [-0.3, -0.25) is 9.78 Å². The maximum absolute atomic E-state index is 13.1. The maximum atomic E-state index is 13.1. The van der Waals surface area contributed by atoms with Gasteiger partial charge in [0, 0.05) is 31.5 Å². The number of benzene rings is 2. The monoisotopic (exact) mass is 389 g/mol. The van der Waals surface area contributed by atoms with Crippen LogP contribution in [0.3, 0.4) is 0 Å². The Bertz CT molecular complexity index is 924. The molecule has 29 heavy (non-hydrogen) atoms. The van der Waals surface area contributed by atoms with E-state index in [2.05, 4.69) is 10.3 Å². The lowest BCUT2D eigenvalue weighted by molar-refractivity contribution is 0.0690. The summed E-state index contributed by atoms with van der Waals surface area (Å²) < 4.78 is 5.19. The molecule has 150 valence electrons. The molecule has 1 amide bonds. The molecule has 3 aromatic rings. The average Bonchev–Trinajstić information content (AvgIpc) is 2.76. The predicted molar refractivity (Wildman–Crippen MR) is 116 cm³/mol. The third-order valence-electron chi connectivity index (χ3n) is 4.72. The molecule has 1 aromatic heterocycles.